The third kappa shape index (κ3) is 4.26. The van der Waals surface area contributed by atoms with Gasteiger partial charge >= 0.3 is 0 Å². The first-order valence-electron chi connectivity index (χ1n) is 10.1. The number of thioether (sulfide) groups is 1. The smallest absolute Gasteiger partial charge is 0.259 e. The standard InChI is InChI=1S/C23H24ClN3O2S/c1-2-27-20(14-17-8-9-18(24)15-19(17)22(27)28)30-21(16-6-4-3-5-7-16)23(29)26-12-10-25-11-13-26/h3-9,14-15,21,25H,2,10-13H2,1H3. The molecule has 0 bridgehead atoms. The summed E-state index contributed by atoms with van der Waals surface area (Å²) in [5.41, 5.74) is 0.860. The van der Waals surface area contributed by atoms with Gasteiger partial charge in [0.1, 0.15) is 5.25 Å². The van der Waals surface area contributed by atoms with E-state index in [-0.39, 0.29) is 11.5 Å². The van der Waals surface area contributed by atoms with E-state index in [0.29, 0.717) is 30.0 Å². The molecular formula is C23H24ClN3O2S. The third-order valence-corrected chi connectivity index (χ3v) is 6.87. The van der Waals surface area contributed by atoms with Gasteiger partial charge < -0.3 is 14.8 Å². The van der Waals surface area contributed by atoms with Crippen LogP contribution in [0.1, 0.15) is 17.7 Å². The van der Waals surface area contributed by atoms with Crippen molar-refractivity contribution in [3.05, 3.63) is 75.5 Å². The zero-order valence-electron chi connectivity index (χ0n) is 16.8. The Balaban J connectivity index is 1.77. The Morgan fingerprint density at radius 3 is 2.57 bits per heavy atom. The zero-order chi connectivity index (χ0) is 21.1. The second-order valence-corrected chi connectivity index (χ2v) is 8.81. The van der Waals surface area contributed by atoms with Crippen LogP contribution in [0.15, 0.2) is 64.4 Å². The summed E-state index contributed by atoms with van der Waals surface area (Å²) in [5.74, 6) is 0.0824. The van der Waals surface area contributed by atoms with E-state index in [0.717, 1.165) is 29.1 Å². The van der Waals surface area contributed by atoms with Crippen molar-refractivity contribution >= 4 is 40.0 Å². The number of hydrogen-bond donors (Lipinski definition) is 1. The lowest BCUT2D eigenvalue weighted by Gasteiger charge is -2.31. The number of pyridine rings is 1. The number of fused-ring (bicyclic) bond motifs is 1. The molecule has 3 aromatic rings. The fraction of sp³-hybridized carbons (Fsp3) is 0.304. The lowest BCUT2D eigenvalue weighted by molar-refractivity contribution is -0.131. The van der Waals surface area contributed by atoms with Crippen molar-refractivity contribution in [3.63, 3.8) is 0 Å². The molecule has 1 aromatic heterocycles. The molecule has 0 saturated carbocycles. The van der Waals surface area contributed by atoms with Crippen LogP contribution in [0.5, 0.6) is 0 Å². The molecule has 1 aliphatic heterocycles. The summed E-state index contributed by atoms with van der Waals surface area (Å²) in [6.45, 7) is 5.45. The van der Waals surface area contributed by atoms with Gasteiger partial charge in [0.15, 0.2) is 0 Å². The topological polar surface area (TPSA) is 54.3 Å². The average Bonchev–Trinajstić information content (AvgIpc) is 2.79. The molecule has 0 spiro atoms. The Morgan fingerprint density at radius 2 is 1.87 bits per heavy atom. The van der Waals surface area contributed by atoms with Crippen molar-refractivity contribution in [1.29, 1.82) is 0 Å². The normalized spacial score (nSPS) is 15.3. The highest BCUT2D eigenvalue weighted by Crippen LogP contribution is 2.37. The molecule has 1 saturated heterocycles. The molecule has 7 heteroatoms. The molecule has 1 fully saturated rings. The summed E-state index contributed by atoms with van der Waals surface area (Å²) in [7, 11) is 0. The second-order valence-electron chi connectivity index (χ2n) is 7.25. The van der Waals surface area contributed by atoms with E-state index >= 15 is 0 Å². The third-order valence-electron chi connectivity index (χ3n) is 5.35. The van der Waals surface area contributed by atoms with Crippen LogP contribution >= 0.6 is 23.4 Å². The number of nitrogens with one attached hydrogen (secondary N) is 1. The number of aromatic nitrogens is 1. The highest BCUT2D eigenvalue weighted by molar-refractivity contribution is 8.00. The maximum atomic E-state index is 13.5. The van der Waals surface area contributed by atoms with Gasteiger partial charge in [-0.3, -0.25) is 9.59 Å². The fourth-order valence-electron chi connectivity index (χ4n) is 3.75. The number of piperazine rings is 1. The van der Waals surface area contributed by atoms with Crippen molar-refractivity contribution < 1.29 is 4.79 Å². The summed E-state index contributed by atoms with van der Waals surface area (Å²) >= 11 is 7.56. The van der Waals surface area contributed by atoms with Crippen LogP contribution in [0.2, 0.25) is 5.02 Å². The lowest BCUT2D eigenvalue weighted by Crippen LogP contribution is -2.47. The molecule has 1 aliphatic rings. The van der Waals surface area contributed by atoms with E-state index in [2.05, 4.69) is 5.32 Å². The first-order valence-corrected chi connectivity index (χ1v) is 11.4. The summed E-state index contributed by atoms with van der Waals surface area (Å²) in [5, 5.41) is 5.64. The summed E-state index contributed by atoms with van der Waals surface area (Å²) < 4.78 is 1.73. The number of halogens is 1. The Hall–Kier alpha value is -2.28. The minimum atomic E-state index is -0.411. The van der Waals surface area contributed by atoms with E-state index in [9.17, 15) is 9.59 Å². The molecule has 1 atom stereocenters. The van der Waals surface area contributed by atoms with Crippen LogP contribution in [-0.4, -0.2) is 41.6 Å². The molecule has 5 nitrogen and oxygen atoms in total. The minimum absolute atomic E-state index is 0.0820. The quantitative estimate of drug-likeness (QED) is 0.609. The van der Waals surface area contributed by atoms with Crippen LogP contribution < -0.4 is 10.9 Å². The van der Waals surface area contributed by atoms with Crippen molar-refractivity contribution in [3.8, 4) is 0 Å². The van der Waals surface area contributed by atoms with Gasteiger partial charge in [-0.2, -0.15) is 0 Å². The first kappa shape index (κ1) is 21.0. The lowest BCUT2D eigenvalue weighted by atomic mass is 10.1. The Morgan fingerprint density at radius 1 is 1.13 bits per heavy atom. The highest BCUT2D eigenvalue weighted by Gasteiger charge is 2.29. The largest absolute Gasteiger partial charge is 0.339 e. The fourth-order valence-corrected chi connectivity index (χ4v) is 5.24. The predicted molar refractivity (Wildman–Crippen MR) is 123 cm³/mol. The number of benzene rings is 2. The molecule has 4 rings (SSSR count). The van der Waals surface area contributed by atoms with E-state index in [1.807, 2.05) is 54.3 Å². The average molecular weight is 442 g/mol. The van der Waals surface area contributed by atoms with Gasteiger partial charge in [0.25, 0.3) is 5.56 Å². The Bertz CT molecular complexity index is 1110. The molecule has 2 heterocycles. The van der Waals surface area contributed by atoms with E-state index in [4.69, 9.17) is 11.6 Å². The molecule has 156 valence electrons. The summed E-state index contributed by atoms with van der Waals surface area (Å²) in [6, 6.07) is 17.1. The van der Waals surface area contributed by atoms with Crippen LogP contribution in [-0.2, 0) is 11.3 Å². The van der Waals surface area contributed by atoms with E-state index < -0.39 is 5.25 Å². The molecule has 2 aromatic carbocycles. The van der Waals surface area contributed by atoms with Crippen molar-refractivity contribution in [2.75, 3.05) is 26.2 Å². The number of amides is 1. The zero-order valence-corrected chi connectivity index (χ0v) is 18.4. The van der Waals surface area contributed by atoms with Crippen LogP contribution in [0.3, 0.4) is 0 Å². The molecular weight excluding hydrogens is 418 g/mol. The number of hydrogen-bond acceptors (Lipinski definition) is 4. The predicted octanol–water partition coefficient (Wildman–Crippen LogP) is 3.94. The van der Waals surface area contributed by atoms with Crippen LogP contribution in [0.25, 0.3) is 10.8 Å². The number of nitrogens with zero attached hydrogens (tertiary/aromatic N) is 2. The number of carbonyl (C=O) groups excluding carboxylic acids is 1. The van der Waals surface area contributed by atoms with Gasteiger partial charge in [-0.1, -0.05) is 59.8 Å². The van der Waals surface area contributed by atoms with Crippen molar-refractivity contribution in [2.45, 2.75) is 23.7 Å². The van der Waals surface area contributed by atoms with Crippen LogP contribution in [0, 0.1) is 0 Å². The molecule has 30 heavy (non-hydrogen) atoms. The minimum Gasteiger partial charge on any atom is -0.339 e. The Kier molecular flexibility index (Phi) is 6.46. The Labute approximate surface area is 185 Å². The van der Waals surface area contributed by atoms with Gasteiger partial charge in [-0.25, -0.2) is 0 Å². The second kappa shape index (κ2) is 9.25. The van der Waals surface area contributed by atoms with E-state index in [1.165, 1.54) is 11.8 Å². The SMILES string of the molecule is CCn1c(SC(C(=O)N2CCNCC2)c2ccccc2)cc2ccc(Cl)cc2c1=O. The summed E-state index contributed by atoms with van der Waals surface area (Å²) in [6.07, 6.45) is 0. The van der Waals surface area contributed by atoms with Gasteiger partial charge in [0.2, 0.25) is 5.91 Å². The first-order chi connectivity index (χ1) is 14.6. The van der Waals surface area contributed by atoms with Gasteiger partial charge in [0.05, 0.1) is 5.03 Å². The van der Waals surface area contributed by atoms with Gasteiger partial charge in [0, 0.05) is 43.1 Å². The maximum Gasteiger partial charge on any atom is 0.259 e. The molecule has 1 N–H and O–H groups in total. The van der Waals surface area contributed by atoms with Gasteiger partial charge in [-0.15, -0.1) is 0 Å². The van der Waals surface area contributed by atoms with Crippen LogP contribution in [0.4, 0.5) is 0 Å². The molecule has 1 amide bonds. The maximum absolute atomic E-state index is 13.5. The van der Waals surface area contributed by atoms with Crippen molar-refractivity contribution in [1.82, 2.24) is 14.8 Å². The number of carbonyl (C=O) groups is 1. The molecule has 0 aliphatic carbocycles. The van der Waals surface area contributed by atoms with Crippen molar-refractivity contribution in [2.24, 2.45) is 0 Å². The molecule has 0 radical (unpaired) electrons. The van der Waals surface area contributed by atoms with Gasteiger partial charge in [-0.05, 0) is 36.1 Å². The molecule has 1 unspecified atom stereocenters. The number of rotatable bonds is 5. The highest BCUT2D eigenvalue weighted by atomic mass is 35.5. The monoisotopic (exact) mass is 441 g/mol. The summed E-state index contributed by atoms with van der Waals surface area (Å²) in [4.78, 5) is 28.5. The van der Waals surface area contributed by atoms with E-state index in [1.54, 1.807) is 16.7 Å².